The number of nitrogens with zero attached hydrogens (tertiary/aromatic N) is 3. The quantitative estimate of drug-likeness (QED) is 0.683. The van der Waals surface area contributed by atoms with Crippen molar-refractivity contribution in [2.75, 3.05) is 0 Å². The van der Waals surface area contributed by atoms with Gasteiger partial charge in [-0.05, 0) is 31.2 Å². The number of benzene rings is 2. The van der Waals surface area contributed by atoms with Gasteiger partial charge >= 0.3 is 0 Å². The van der Waals surface area contributed by atoms with Gasteiger partial charge in [-0.15, -0.1) is 0 Å². The van der Waals surface area contributed by atoms with Gasteiger partial charge in [-0.2, -0.15) is 9.78 Å². The fraction of sp³-hybridized carbons (Fsp3) is 0.0625. The van der Waals surface area contributed by atoms with Crippen molar-refractivity contribution in [3.05, 3.63) is 75.8 Å². The van der Waals surface area contributed by atoms with E-state index in [0.29, 0.717) is 16.7 Å². The number of fused-ring (bicyclic) bond motifs is 1. The van der Waals surface area contributed by atoms with E-state index in [-0.39, 0.29) is 5.56 Å². The first-order valence-corrected chi connectivity index (χ1v) is 6.54. The minimum absolute atomic E-state index is 0.304. The van der Waals surface area contributed by atoms with E-state index in [4.69, 9.17) is 0 Å². The van der Waals surface area contributed by atoms with Crippen molar-refractivity contribution in [3.8, 4) is 0 Å². The summed E-state index contributed by atoms with van der Waals surface area (Å²) in [5.74, 6) is -1.16. The molecule has 2 aromatic carbocycles. The van der Waals surface area contributed by atoms with Crippen molar-refractivity contribution in [3.63, 3.8) is 0 Å². The van der Waals surface area contributed by atoms with Crippen LogP contribution in [0.1, 0.15) is 11.4 Å². The van der Waals surface area contributed by atoms with Crippen molar-refractivity contribution in [2.45, 2.75) is 6.92 Å². The molecule has 0 saturated heterocycles. The molecule has 0 aliphatic heterocycles. The minimum Gasteiger partial charge on any atom is -0.267 e. The molecule has 0 saturated carbocycles. The summed E-state index contributed by atoms with van der Waals surface area (Å²) in [4.78, 5) is 16.6. The van der Waals surface area contributed by atoms with Crippen LogP contribution in [0.2, 0.25) is 0 Å². The Hall–Kier alpha value is -2.89. The van der Waals surface area contributed by atoms with Crippen molar-refractivity contribution in [1.29, 1.82) is 0 Å². The Morgan fingerprint density at radius 1 is 1.09 bits per heavy atom. The van der Waals surface area contributed by atoms with E-state index < -0.39 is 17.2 Å². The fourth-order valence-corrected chi connectivity index (χ4v) is 2.12. The summed E-state index contributed by atoms with van der Waals surface area (Å²) < 4.78 is 28.2. The van der Waals surface area contributed by atoms with Gasteiger partial charge in [0.15, 0.2) is 0 Å². The minimum atomic E-state index is -0.747. The lowest BCUT2D eigenvalue weighted by Gasteiger charge is -2.05. The highest BCUT2D eigenvalue weighted by Crippen LogP contribution is 2.10. The summed E-state index contributed by atoms with van der Waals surface area (Å²) in [5, 5.41) is 4.27. The van der Waals surface area contributed by atoms with Crippen LogP contribution < -0.4 is 5.56 Å². The van der Waals surface area contributed by atoms with E-state index >= 15 is 0 Å². The Kier molecular flexibility index (Phi) is 3.50. The van der Waals surface area contributed by atoms with E-state index in [2.05, 4.69) is 10.1 Å². The smallest absolute Gasteiger partial charge is 0.267 e. The summed E-state index contributed by atoms with van der Waals surface area (Å²) in [6.45, 7) is 1.60. The van der Waals surface area contributed by atoms with Gasteiger partial charge in [0, 0.05) is 0 Å². The summed E-state index contributed by atoms with van der Waals surface area (Å²) in [7, 11) is 0. The number of hydrogen-bond donors (Lipinski definition) is 0. The maximum Gasteiger partial charge on any atom is 0.282 e. The lowest BCUT2D eigenvalue weighted by molar-refractivity contribution is 0.579. The van der Waals surface area contributed by atoms with Crippen molar-refractivity contribution >= 4 is 17.1 Å². The molecule has 0 unspecified atom stereocenters. The second-order valence-electron chi connectivity index (χ2n) is 4.67. The van der Waals surface area contributed by atoms with Gasteiger partial charge in [-0.1, -0.05) is 18.2 Å². The first kappa shape index (κ1) is 14.1. The molecule has 0 N–H and O–H groups in total. The zero-order valence-electron chi connectivity index (χ0n) is 11.6. The number of halogens is 2. The Labute approximate surface area is 124 Å². The third kappa shape index (κ3) is 2.39. The lowest BCUT2D eigenvalue weighted by Crippen LogP contribution is -2.20. The molecule has 3 aromatic rings. The zero-order chi connectivity index (χ0) is 15.7. The Bertz CT molecular complexity index is 928. The van der Waals surface area contributed by atoms with Crippen LogP contribution in [0.15, 0.2) is 52.4 Å². The molecule has 0 aliphatic carbocycles. The molecule has 0 amide bonds. The third-order valence-corrected chi connectivity index (χ3v) is 3.22. The standard InChI is InChI=1S/C16H11F2N3O/c1-10-20-15-8-3-2-5-11(15)16(22)21(10)19-9-12-13(17)6-4-7-14(12)18/h2-9H,1H3. The van der Waals surface area contributed by atoms with Crippen molar-refractivity contribution in [1.82, 2.24) is 9.66 Å². The zero-order valence-corrected chi connectivity index (χ0v) is 11.6. The van der Waals surface area contributed by atoms with Crippen LogP contribution in [0.25, 0.3) is 10.9 Å². The van der Waals surface area contributed by atoms with Crippen molar-refractivity contribution < 1.29 is 8.78 Å². The first-order chi connectivity index (χ1) is 10.6. The van der Waals surface area contributed by atoms with Gasteiger partial charge in [0.05, 0.1) is 22.7 Å². The Morgan fingerprint density at radius 3 is 2.50 bits per heavy atom. The second-order valence-corrected chi connectivity index (χ2v) is 4.67. The van der Waals surface area contributed by atoms with Crippen LogP contribution in [-0.4, -0.2) is 15.9 Å². The monoisotopic (exact) mass is 299 g/mol. The van der Waals surface area contributed by atoms with E-state index in [1.54, 1.807) is 31.2 Å². The Morgan fingerprint density at radius 2 is 1.77 bits per heavy atom. The molecule has 0 fully saturated rings. The van der Waals surface area contributed by atoms with Gasteiger partial charge < -0.3 is 0 Å². The topological polar surface area (TPSA) is 47.2 Å². The Balaban J connectivity index is 2.15. The van der Waals surface area contributed by atoms with E-state index in [1.807, 2.05) is 0 Å². The predicted octanol–water partition coefficient (Wildman–Crippen LogP) is 2.87. The molecule has 22 heavy (non-hydrogen) atoms. The SMILES string of the molecule is Cc1nc2ccccc2c(=O)n1N=Cc1c(F)cccc1F. The van der Waals surface area contributed by atoms with Gasteiger partial charge in [0.25, 0.3) is 5.56 Å². The van der Waals surface area contributed by atoms with Gasteiger partial charge in [-0.25, -0.2) is 13.8 Å². The molecule has 0 aliphatic rings. The molecule has 4 nitrogen and oxygen atoms in total. The fourth-order valence-electron chi connectivity index (χ4n) is 2.12. The molecule has 1 aromatic heterocycles. The number of rotatable bonds is 2. The highest BCUT2D eigenvalue weighted by Gasteiger charge is 2.08. The van der Waals surface area contributed by atoms with Crippen LogP contribution in [0.4, 0.5) is 8.78 Å². The highest BCUT2D eigenvalue weighted by molar-refractivity contribution is 5.81. The molecule has 0 spiro atoms. The molecule has 0 radical (unpaired) electrons. The number of aromatic nitrogens is 2. The summed E-state index contributed by atoms with van der Waals surface area (Å²) in [5.41, 5.74) is -0.147. The molecule has 0 atom stereocenters. The average molecular weight is 299 g/mol. The van der Waals surface area contributed by atoms with E-state index in [0.717, 1.165) is 23.0 Å². The van der Waals surface area contributed by atoms with Gasteiger partial charge in [0.1, 0.15) is 17.5 Å². The number of para-hydroxylation sites is 1. The maximum atomic E-state index is 13.6. The van der Waals surface area contributed by atoms with Crippen LogP contribution in [0.3, 0.4) is 0 Å². The molecule has 6 heteroatoms. The van der Waals surface area contributed by atoms with Gasteiger partial charge in [0.2, 0.25) is 0 Å². The summed E-state index contributed by atoms with van der Waals surface area (Å²) in [6, 6.07) is 10.3. The van der Waals surface area contributed by atoms with Crippen LogP contribution in [0, 0.1) is 18.6 Å². The lowest BCUT2D eigenvalue weighted by atomic mass is 10.2. The molecular weight excluding hydrogens is 288 g/mol. The molecule has 0 bridgehead atoms. The normalized spacial score (nSPS) is 11.4. The van der Waals surface area contributed by atoms with Crippen molar-refractivity contribution in [2.24, 2.45) is 5.10 Å². The highest BCUT2D eigenvalue weighted by atomic mass is 19.1. The first-order valence-electron chi connectivity index (χ1n) is 6.54. The molecular formula is C16H11F2N3O. The van der Waals surface area contributed by atoms with E-state index in [9.17, 15) is 13.6 Å². The number of hydrogen-bond acceptors (Lipinski definition) is 3. The summed E-state index contributed by atoms with van der Waals surface area (Å²) in [6.07, 6.45) is 0.982. The molecule has 1 heterocycles. The molecule has 3 rings (SSSR count). The second kappa shape index (κ2) is 5.48. The predicted molar refractivity (Wildman–Crippen MR) is 80.1 cm³/mol. The molecule has 110 valence electrons. The van der Waals surface area contributed by atoms with Crippen LogP contribution in [0.5, 0.6) is 0 Å². The van der Waals surface area contributed by atoms with Gasteiger partial charge in [-0.3, -0.25) is 4.79 Å². The van der Waals surface area contributed by atoms with Crippen LogP contribution >= 0.6 is 0 Å². The largest absolute Gasteiger partial charge is 0.282 e. The maximum absolute atomic E-state index is 13.6. The third-order valence-electron chi connectivity index (χ3n) is 3.22. The van der Waals surface area contributed by atoms with E-state index in [1.165, 1.54) is 6.07 Å². The number of aryl methyl sites for hydroxylation is 1. The average Bonchev–Trinajstić information content (AvgIpc) is 2.49. The summed E-state index contributed by atoms with van der Waals surface area (Å²) >= 11 is 0. The van der Waals surface area contributed by atoms with Crippen LogP contribution in [-0.2, 0) is 0 Å².